The summed E-state index contributed by atoms with van der Waals surface area (Å²) in [4.78, 5) is 0. The molecule has 118 valence electrons. The van der Waals surface area contributed by atoms with Crippen LogP contribution in [0.25, 0.3) is 0 Å². The number of hydrogen-bond acceptors (Lipinski definition) is 1. The van der Waals surface area contributed by atoms with Gasteiger partial charge < -0.3 is 4.74 Å². The zero-order chi connectivity index (χ0) is 14.8. The maximum atomic E-state index is 6.69. The van der Waals surface area contributed by atoms with Crippen LogP contribution in [-0.4, -0.2) is 17.5 Å². The lowest BCUT2D eigenvalue weighted by Crippen LogP contribution is -2.53. The molecule has 20 heavy (non-hydrogen) atoms. The number of halogens is 1. The van der Waals surface area contributed by atoms with Gasteiger partial charge in [0.25, 0.3) is 0 Å². The third kappa shape index (κ3) is 2.72. The molecule has 2 aliphatic rings. The lowest BCUT2D eigenvalue weighted by molar-refractivity contribution is -0.146. The van der Waals surface area contributed by atoms with Crippen LogP contribution in [0.3, 0.4) is 0 Å². The molecule has 0 aromatic rings. The van der Waals surface area contributed by atoms with Crippen molar-refractivity contribution in [1.82, 2.24) is 0 Å². The van der Waals surface area contributed by atoms with Crippen molar-refractivity contribution in [3.8, 4) is 0 Å². The van der Waals surface area contributed by atoms with Gasteiger partial charge in [0, 0.05) is 5.33 Å². The highest BCUT2D eigenvalue weighted by molar-refractivity contribution is 9.09. The summed E-state index contributed by atoms with van der Waals surface area (Å²) < 4.78 is 6.69. The molecule has 4 unspecified atom stereocenters. The van der Waals surface area contributed by atoms with Gasteiger partial charge in [0.2, 0.25) is 0 Å². The van der Waals surface area contributed by atoms with Crippen molar-refractivity contribution >= 4 is 15.9 Å². The first kappa shape index (κ1) is 16.8. The second-order valence-corrected chi connectivity index (χ2v) is 8.24. The Labute approximate surface area is 134 Å². The Morgan fingerprint density at radius 2 is 1.90 bits per heavy atom. The Bertz CT molecular complexity index is 315. The van der Waals surface area contributed by atoms with Gasteiger partial charge in [-0.05, 0) is 48.9 Å². The molecular formula is C18H33BrO. The van der Waals surface area contributed by atoms with Crippen molar-refractivity contribution < 1.29 is 4.74 Å². The van der Waals surface area contributed by atoms with E-state index in [9.17, 15) is 0 Å². The van der Waals surface area contributed by atoms with Crippen LogP contribution in [0.5, 0.6) is 0 Å². The SMILES string of the molecule is CCCCC(CC)COC1(CBr)C2CCC(C2)C1(C)C. The predicted octanol–water partition coefficient (Wildman–Crippen LogP) is 5.81. The zero-order valence-corrected chi connectivity index (χ0v) is 15.5. The van der Waals surface area contributed by atoms with Crippen molar-refractivity contribution in [3.63, 3.8) is 0 Å². The zero-order valence-electron chi connectivity index (χ0n) is 13.9. The van der Waals surface area contributed by atoms with Gasteiger partial charge in [0.1, 0.15) is 0 Å². The van der Waals surface area contributed by atoms with Crippen molar-refractivity contribution in [2.75, 3.05) is 11.9 Å². The Kier molecular flexibility index (Phi) is 5.62. The molecule has 2 aliphatic carbocycles. The van der Waals surface area contributed by atoms with E-state index in [2.05, 4.69) is 43.6 Å². The summed E-state index contributed by atoms with van der Waals surface area (Å²) in [7, 11) is 0. The summed E-state index contributed by atoms with van der Waals surface area (Å²) in [6, 6.07) is 0. The molecule has 2 fully saturated rings. The quantitative estimate of drug-likeness (QED) is 0.505. The second-order valence-electron chi connectivity index (χ2n) is 7.68. The minimum Gasteiger partial charge on any atom is -0.373 e. The topological polar surface area (TPSA) is 9.23 Å². The summed E-state index contributed by atoms with van der Waals surface area (Å²) in [5.41, 5.74) is 0.429. The molecule has 2 heteroatoms. The molecule has 0 spiro atoms. The minimum atomic E-state index is 0.0928. The molecule has 0 aliphatic heterocycles. The Morgan fingerprint density at radius 3 is 2.40 bits per heavy atom. The van der Waals surface area contributed by atoms with Crippen LogP contribution < -0.4 is 0 Å². The van der Waals surface area contributed by atoms with Gasteiger partial charge in [-0.1, -0.05) is 62.9 Å². The minimum absolute atomic E-state index is 0.0928. The van der Waals surface area contributed by atoms with Crippen LogP contribution in [0, 0.1) is 23.2 Å². The van der Waals surface area contributed by atoms with E-state index >= 15 is 0 Å². The molecule has 0 heterocycles. The van der Waals surface area contributed by atoms with Gasteiger partial charge in [-0.2, -0.15) is 0 Å². The number of hydrogen-bond donors (Lipinski definition) is 0. The number of ether oxygens (including phenoxy) is 1. The number of fused-ring (bicyclic) bond motifs is 2. The summed E-state index contributed by atoms with van der Waals surface area (Å²) in [6.45, 7) is 10.5. The van der Waals surface area contributed by atoms with Gasteiger partial charge in [0.05, 0.1) is 12.2 Å². The van der Waals surface area contributed by atoms with E-state index in [-0.39, 0.29) is 5.60 Å². The highest BCUT2D eigenvalue weighted by atomic mass is 79.9. The second kappa shape index (κ2) is 6.69. The molecule has 0 aromatic carbocycles. The number of alkyl halides is 1. The first-order chi connectivity index (χ1) is 9.51. The fourth-order valence-electron chi connectivity index (χ4n) is 4.72. The lowest BCUT2D eigenvalue weighted by atomic mass is 9.66. The number of unbranched alkanes of at least 4 members (excludes halogenated alkanes) is 1. The van der Waals surface area contributed by atoms with Crippen LogP contribution in [0.1, 0.15) is 72.6 Å². The van der Waals surface area contributed by atoms with Crippen molar-refractivity contribution in [3.05, 3.63) is 0 Å². The Hall–Kier alpha value is 0.440. The van der Waals surface area contributed by atoms with E-state index in [1.54, 1.807) is 0 Å². The van der Waals surface area contributed by atoms with Crippen molar-refractivity contribution in [1.29, 1.82) is 0 Å². The summed E-state index contributed by atoms with van der Waals surface area (Å²) in [5, 5.41) is 1.01. The third-order valence-corrected chi connectivity index (χ3v) is 7.35. The van der Waals surface area contributed by atoms with Crippen LogP contribution in [0.15, 0.2) is 0 Å². The summed E-state index contributed by atoms with van der Waals surface area (Å²) in [5.74, 6) is 2.41. The monoisotopic (exact) mass is 344 g/mol. The molecule has 0 aromatic heterocycles. The van der Waals surface area contributed by atoms with E-state index in [1.165, 1.54) is 44.9 Å². The highest BCUT2D eigenvalue weighted by Gasteiger charge is 2.63. The smallest absolute Gasteiger partial charge is 0.0860 e. The Morgan fingerprint density at radius 1 is 1.20 bits per heavy atom. The maximum Gasteiger partial charge on any atom is 0.0860 e. The molecule has 0 N–H and O–H groups in total. The molecule has 0 saturated heterocycles. The largest absolute Gasteiger partial charge is 0.373 e. The van der Waals surface area contributed by atoms with Crippen LogP contribution in [0.4, 0.5) is 0 Å². The average molecular weight is 345 g/mol. The standard InChI is InChI=1S/C18H33BrO/c1-5-7-8-14(6-2)12-20-18(13-19)16-10-9-15(11-16)17(18,3)4/h14-16H,5-13H2,1-4H3. The molecule has 2 rings (SSSR count). The molecule has 2 bridgehead atoms. The Balaban J connectivity index is 2.01. The summed E-state index contributed by atoms with van der Waals surface area (Å²) >= 11 is 3.81. The molecule has 0 radical (unpaired) electrons. The average Bonchev–Trinajstić information content (AvgIpc) is 2.99. The van der Waals surface area contributed by atoms with Crippen molar-refractivity contribution in [2.24, 2.45) is 23.2 Å². The molecule has 0 amide bonds. The van der Waals surface area contributed by atoms with Gasteiger partial charge in [-0.25, -0.2) is 0 Å². The van der Waals surface area contributed by atoms with Crippen LogP contribution in [0.2, 0.25) is 0 Å². The van der Waals surface area contributed by atoms with Crippen LogP contribution >= 0.6 is 15.9 Å². The van der Waals surface area contributed by atoms with Crippen molar-refractivity contribution in [2.45, 2.75) is 78.2 Å². The van der Waals surface area contributed by atoms with E-state index in [0.29, 0.717) is 5.41 Å². The van der Waals surface area contributed by atoms with Gasteiger partial charge in [-0.15, -0.1) is 0 Å². The van der Waals surface area contributed by atoms with Gasteiger partial charge in [0.15, 0.2) is 0 Å². The molecule has 4 atom stereocenters. The first-order valence-electron chi connectivity index (χ1n) is 8.71. The van der Waals surface area contributed by atoms with E-state index in [4.69, 9.17) is 4.74 Å². The fourth-order valence-corrected chi connectivity index (χ4v) is 6.06. The third-order valence-electron chi connectivity index (χ3n) is 6.52. The maximum absolute atomic E-state index is 6.69. The molecular weight excluding hydrogens is 312 g/mol. The lowest BCUT2D eigenvalue weighted by Gasteiger charge is -2.49. The van der Waals surface area contributed by atoms with Crippen LogP contribution in [-0.2, 0) is 4.74 Å². The normalized spacial score (nSPS) is 36.5. The van der Waals surface area contributed by atoms with E-state index in [1.807, 2.05) is 0 Å². The summed E-state index contributed by atoms with van der Waals surface area (Å²) in [6.07, 6.45) is 9.43. The molecule has 2 saturated carbocycles. The van der Waals surface area contributed by atoms with E-state index < -0.39 is 0 Å². The highest BCUT2D eigenvalue weighted by Crippen LogP contribution is 2.63. The van der Waals surface area contributed by atoms with Gasteiger partial charge >= 0.3 is 0 Å². The molecule has 1 nitrogen and oxygen atoms in total. The van der Waals surface area contributed by atoms with E-state index in [0.717, 1.165) is 29.7 Å². The fraction of sp³-hybridized carbons (Fsp3) is 1.00. The first-order valence-corrected chi connectivity index (χ1v) is 9.83. The number of rotatable bonds is 8. The predicted molar refractivity (Wildman–Crippen MR) is 90.4 cm³/mol. The van der Waals surface area contributed by atoms with Gasteiger partial charge in [-0.3, -0.25) is 0 Å².